The van der Waals surface area contributed by atoms with Crippen molar-refractivity contribution in [2.45, 2.75) is 124 Å². The van der Waals surface area contributed by atoms with Crippen molar-refractivity contribution < 1.29 is 43.2 Å². The predicted molar refractivity (Wildman–Crippen MR) is 149 cm³/mol. The van der Waals surface area contributed by atoms with Crippen molar-refractivity contribution in [3.05, 3.63) is 0 Å². The van der Waals surface area contributed by atoms with Crippen molar-refractivity contribution >= 4 is 23.9 Å². The Morgan fingerprint density at radius 1 is 0.878 bits per heavy atom. The van der Waals surface area contributed by atoms with Gasteiger partial charge in [-0.1, -0.05) is 20.8 Å². The Bertz CT molecular complexity index is 1010. The second kappa shape index (κ2) is 12.2. The van der Waals surface area contributed by atoms with Crippen molar-refractivity contribution in [2.75, 3.05) is 6.61 Å². The van der Waals surface area contributed by atoms with Crippen LogP contribution in [-0.4, -0.2) is 60.0 Å². The van der Waals surface area contributed by atoms with Gasteiger partial charge >= 0.3 is 23.9 Å². The van der Waals surface area contributed by atoms with Gasteiger partial charge in [0, 0.05) is 32.1 Å². The summed E-state index contributed by atoms with van der Waals surface area (Å²) in [7, 11) is 0. The maximum Gasteiger partial charge on any atom is 0.308 e. The number of rotatable bonds is 8. The first-order valence-corrected chi connectivity index (χ1v) is 15.6. The van der Waals surface area contributed by atoms with Gasteiger partial charge in [0.05, 0.1) is 19.1 Å². The van der Waals surface area contributed by atoms with Crippen LogP contribution >= 0.6 is 0 Å². The highest BCUT2D eigenvalue weighted by molar-refractivity contribution is 5.70. The molecule has 0 radical (unpaired) electrons. The van der Waals surface area contributed by atoms with Gasteiger partial charge in [0.25, 0.3) is 0 Å². The fraction of sp³-hybridized carbons (Fsp3) is 0.875. The van der Waals surface area contributed by atoms with Crippen LogP contribution in [0.4, 0.5) is 0 Å². The molecule has 0 bridgehead atoms. The maximum atomic E-state index is 12.5. The van der Waals surface area contributed by atoms with Crippen molar-refractivity contribution in [1.29, 1.82) is 0 Å². The van der Waals surface area contributed by atoms with E-state index in [-0.39, 0.29) is 90.2 Å². The molecule has 4 fully saturated rings. The van der Waals surface area contributed by atoms with Gasteiger partial charge in [0.1, 0.15) is 18.3 Å². The highest BCUT2D eigenvalue weighted by Crippen LogP contribution is 2.69. The van der Waals surface area contributed by atoms with Crippen LogP contribution < -0.4 is 0 Å². The van der Waals surface area contributed by atoms with Crippen LogP contribution in [0.3, 0.4) is 0 Å². The first-order valence-electron chi connectivity index (χ1n) is 15.6. The van der Waals surface area contributed by atoms with Crippen molar-refractivity contribution in [2.24, 2.45) is 46.3 Å². The van der Waals surface area contributed by atoms with Gasteiger partial charge in [0.15, 0.2) is 0 Å². The fourth-order valence-corrected chi connectivity index (χ4v) is 9.89. The lowest BCUT2D eigenvalue weighted by Gasteiger charge is -2.64. The third kappa shape index (κ3) is 6.02. The molecule has 0 heterocycles. The summed E-state index contributed by atoms with van der Waals surface area (Å²) in [6.45, 7) is 12.9. The van der Waals surface area contributed by atoms with Gasteiger partial charge in [-0.05, 0) is 86.9 Å². The maximum absolute atomic E-state index is 12.5. The lowest BCUT2D eigenvalue weighted by atomic mass is 9.43. The molecule has 4 aliphatic rings. The average Bonchev–Trinajstić information content (AvgIpc) is 3.22. The minimum Gasteiger partial charge on any atom is -0.466 e. The van der Waals surface area contributed by atoms with E-state index in [9.17, 15) is 24.3 Å². The lowest BCUT2D eigenvalue weighted by Crippen LogP contribution is -2.63. The Balaban J connectivity index is 1.70. The van der Waals surface area contributed by atoms with Crippen molar-refractivity contribution in [1.82, 2.24) is 0 Å². The molecule has 0 saturated heterocycles. The second-order valence-electron chi connectivity index (χ2n) is 13.7. The van der Waals surface area contributed by atoms with E-state index in [0.717, 1.165) is 32.1 Å². The summed E-state index contributed by atoms with van der Waals surface area (Å²) in [5, 5.41) is 11.1. The number of esters is 4. The van der Waals surface area contributed by atoms with E-state index in [1.54, 1.807) is 6.92 Å². The van der Waals surface area contributed by atoms with Crippen molar-refractivity contribution in [3.8, 4) is 0 Å². The lowest BCUT2D eigenvalue weighted by molar-refractivity contribution is -0.225. The number of carbonyl (C=O) groups is 4. The van der Waals surface area contributed by atoms with E-state index in [2.05, 4.69) is 13.8 Å². The van der Waals surface area contributed by atoms with Gasteiger partial charge in [-0.2, -0.15) is 0 Å². The molecule has 0 aromatic heterocycles. The average molecular weight is 579 g/mol. The van der Waals surface area contributed by atoms with Crippen LogP contribution in [0.15, 0.2) is 0 Å². The number of fused-ring (bicyclic) bond motifs is 5. The molecule has 4 saturated carbocycles. The van der Waals surface area contributed by atoms with Gasteiger partial charge < -0.3 is 24.1 Å². The first-order chi connectivity index (χ1) is 19.2. The molecular formula is C32H50O9. The zero-order valence-electron chi connectivity index (χ0n) is 25.9. The topological polar surface area (TPSA) is 125 Å². The van der Waals surface area contributed by atoms with Gasteiger partial charge in [0.2, 0.25) is 0 Å². The molecular weight excluding hydrogens is 528 g/mol. The largest absolute Gasteiger partial charge is 0.466 e. The Morgan fingerprint density at radius 2 is 1.54 bits per heavy atom. The summed E-state index contributed by atoms with van der Waals surface area (Å²) in [4.78, 5) is 48.8. The van der Waals surface area contributed by atoms with Crippen LogP contribution in [0.1, 0.15) is 99.8 Å². The monoisotopic (exact) mass is 578 g/mol. The minimum atomic E-state index is -0.876. The number of aliphatic hydroxyl groups is 1. The second-order valence-corrected chi connectivity index (χ2v) is 13.7. The third-order valence-corrected chi connectivity index (χ3v) is 11.6. The molecule has 0 amide bonds. The Kier molecular flexibility index (Phi) is 9.46. The first kappa shape index (κ1) is 31.8. The van der Waals surface area contributed by atoms with Gasteiger partial charge in [-0.3, -0.25) is 19.2 Å². The summed E-state index contributed by atoms with van der Waals surface area (Å²) < 4.78 is 23.0. The normalized spacial score (nSPS) is 41.1. The summed E-state index contributed by atoms with van der Waals surface area (Å²) in [6.07, 6.45) is 3.72. The van der Waals surface area contributed by atoms with Crippen LogP contribution in [0.25, 0.3) is 0 Å². The number of hydrogen-bond donors (Lipinski definition) is 1. The SMILES string of the molecule is CCOC(=O)C[C@H](O)[C@@H](C)[C@H]1CC[C@H]2[C@@H]3[C@H](OC(C)=O)CC4C[C@H](OC(C)=O)CC[C@]4(C)[C@H]3C[C@H](OC(C)=O)[C@]12C. The van der Waals surface area contributed by atoms with E-state index < -0.39 is 17.5 Å². The molecule has 1 unspecified atom stereocenters. The highest BCUT2D eigenvalue weighted by atomic mass is 16.6. The molecule has 9 heteroatoms. The van der Waals surface area contributed by atoms with Crippen LogP contribution in [0.5, 0.6) is 0 Å². The Hall–Kier alpha value is -2.16. The summed E-state index contributed by atoms with van der Waals surface area (Å²) in [5.41, 5.74) is -0.538. The quantitative estimate of drug-likeness (QED) is 0.325. The highest BCUT2D eigenvalue weighted by Gasteiger charge is 2.68. The van der Waals surface area contributed by atoms with E-state index in [4.69, 9.17) is 18.9 Å². The van der Waals surface area contributed by atoms with Crippen LogP contribution in [-0.2, 0) is 38.1 Å². The zero-order chi connectivity index (χ0) is 30.3. The van der Waals surface area contributed by atoms with Crippen LogP contribution in [0, 0.1) is 46.3 Å². The molecule has 4 aliphatic carbocycles. The molecule has 41 heavy (non-hydrogen) atoms. The molecule has 232 valence electrons. The predicted octanol–water partition coefficient (Wildman–Crippen LogP) is 4.61. The molecule has 1 N–H and O–H groups in total. The third-order valence-electron chi connectivity index (χ3n) is 11.6. The fourth-order valence-electron chi connectivity index (χ4n) is 9.89. The Labute approximate surface area is 244 Å². The molecule has 0 aromatic rings. The molecule has 0 aliphatic heterocycles. The van der Waals surface area contributed by atoms with Crippen LogP contribution in [0.2, 0.25) is 0 Å². The van der Waals surface area contributed by atoms with Crippen molar-refractivity contribution in [3.63, 3.8) is 0 Å². The van der Waals surface area contributed by atoms with Gasteiger partial charge in [-0.15, -0.1) is 0 Å². The number of carbonyl (C=O) groups excluding carboxylic acids is 4. The molecule has 4 rings (SSSR count). The van der Waals surface area contributed by atoms with E-state index in [0.29, 0.717) is 12.8 Å². The summed E-state index contributed by atoms with van der Waals surface area (Å²) >= 11 is 0. The van der Waals surface area contributed by atoms with Gasteiger partial charge in [-0.25, -0.2) is 0 Å². The number of hydrogen-bond acceptors (Lipinski definition) is 9. The van der Waals surface area contributed by atoms with E-state index in [1.165, 1.54) is 20.8 Å². The summed E-state index contributed by atoms with van der Waals surface area (Å²) in [5.74, 6) is -0.982. The molecule has 0 spiro atoms. The standard InChI is InChI=1S/C32H50O9/c1-8-38-29(37)16-26(36)17(2)23-9-10-24-30-25(15-28(32(23,24)7)41-20(5)35)31(6)12-11-22(39-18(3)33)13-21(31)14-27(30)40-19(4)34/h17,21-28,30,36H,8-16H2,1-7H3/t17-,21?,22+,23+,24-,25-,26-,27+,28-,30-,31-,32+/m0/s1. The van der Waals surface area contributed by atoms with E-state index >= 15 is 0 Å². The smallest absolute Gasteiger partial charge is 0.308 e. The molecule has 12 atom stereocenters. The molecule has 0 aromatic carbocycles. The Morgan fingerprint density at radius 3 is 2.15 bits per heavy atom. The number of aliphatic hydroxyl groups excluding tert-OH is 1. The minimum absolute atomic E-state index is 0.00503. The van der Waals surface area contributed by atoms with E-state index in [1.807, 2.05) is 6.92 Å². The summed E-state index contributed by atoms with van der Waals surface area (Å²) in [6, 6.07) is 0. The zero-order valence-corrected chi connectivity index (χ0v) is 25.9. The number of ether oxygens (including phenoxy) is 4. The molecule has 9 nitrogen and oxygen atoms in total.